The zero-order valence-corrected chi connectivity index (χ0v) is 47.9. The molecule has 0 radical (unpaired) electrons. The molecular formula is C65H72BrN5O8. The van der Waals surface area contributed by atoms with Gasteiger partial charge in [0.1, 0.15) is 33.7 Å². The van der Waals surface area contributed by atoms with E-state index in [0.29, 0.717) is 12.8 Å². The third kappa shape index (κ3) is 15.9. The van der Waals surface area contributed by atoms with Crippen LogP contribution in [0.25, 0.3) is 0 Å². The third-order valence-electron chi connectivity index (χ3n) is 12.8. The lowest BCUT2D eigenvalue weighted by Crippen LogP contribution is -2.39. The van der Waals surface area contributed by atoms with Crippen LogP contribution in [0.1, 0.15) is 99.2 Å². The first kappa shape index (κ1) is 60.3. The molecule has 8 rings (SSSR count). The molecular weight excluding hydrogens is 1060 g/mol. The van der Waals surface area contributed by atoms with Crippen LogP contribution >= 0.6 is 15.9 Å². The predicted molar refractivity (Wildman–Crippen MR) is 311 cm³/mol. The van der Waals surface area contributed by atoms with E-state index in [2.05, 4.69) is 108 Å². The van der Waals surface area contributed by atoms with Gasteiger partial charge in [-0.05, 0) is 81.3 Å². The fraction of sp³-hybridized carbons (Fsp3) is 0.292. The maximum Gasteiger partial charge on any atom is 0.323 e. The number of carbonyl (C=O) groups excluding carboxylic acids is 4. The molecule has 0 spiro atoms. The van der Waals surface area contributed by atoms with Crippen molar-refractivity contribution in [3.05, 3.63) is 252 Å². The number of benzene rings is 6. The molecule has 0 aliphatic rings. The first-order valence-electron chi connectivity index (χ1n) is 26.2. The predicted octanol–water partition coefficient (Wildman–Crippen LogP) is 11.7. The van der Waals surface area contributed by atoms with Gasteiger partial charge in [0.25, 0.3) is 0 Å². The zero-order chi connectivity index (χ0) is 57.1. The molecule has 79 heavy (non-hydrogen) atoms. The van der Waals surface area contributed by atoms with Gasteiger partial charge in [-0.15, -0.1) is 0 Å². The minimum atomic E-state index is -0.790. The van der Waals surface area contributed by atoms with Crippen LogP contribution in [0.3, 0.4) is 0 Å². The van der Waals surface area contributed by atoms with Crippen molar-refractivity contribution in [3.8, 4) is 0 Å². The molecule has 0 unspecified atom stereocenters. The molecule has 412 valence electrons. The Kier molecular flexibility index (Phi) is 21.4. The van der Waals surface area contributed by atoms with E-state index in [0.717, 1.165) is 44.8 Å². The van der Waals surface area contributed by atoms with Crippen molar-refractivity contribution in [3.63, 3.8) is 0 Å². The number of hydrogen-bond donors (Lipinski definition) is 1. The van der Waals surface area contributed by atoms with Crippen molar-refractivity contribution in [1.29, 1.82) is 0 Å². The van der Waals surface area contributed by atoms with E-state index < -0.39 is 40.2 Å². The van der Waals surface area contributed by atoms with E-state index in [1.54, 1.807) is 0 Å². The summed E-state index contributed by atoms with van der Waals surface area (Å²) in [4.78, 5) is 56.8. The van der Waals surface area contributed by atoms with Crippen molar-refractivity contribution >= 4 is 39.8 Å². The Bertz CT molecular complexity index is 2940. The first-order chi connectivity index (χ1) is 37.8. The van der Waals surface area contributed by atoms with Gasteiger partial charge in [0.15, 0.2) is 0 Å². The zero-order valence-electron chi connectivity index (χ0n) is 46.3. The molecule has 0 bridgehead atoms. The van der Waals surface area contributed by atoms with Crippen molar-refractivity contribution in [1.82, 2.24) is 19.1 Å². The van der Waals surface area contributed by atoms with E-state index in [1.807, 2.05) is 176 Å². The SMILES string of the molecule is CC(C)(C)OC(=O)[C@@H](N)Cc1cn(C(c2ccccc2)(c2ccccc2)c2ccccc2)cn1.COC(=O)CBr.COC(=O)CC[C@@H](Cc1cn(C(c2ccccc2)(c2ccccc2)c2ccccc2)cn1)C(=O)OC(C)(C)C. The largest absolute Gasteiger partial charge is 0.469 e. The molecule has 0 saturated heterocycles. The fourth-order valence-electron chi connectivity index (χ4n) is 9.35. The van der Waals surface area contributed by atoms with Crippen molar-refractivity contribution in [2.75, 3.05) is 19.5 Å². The van der Waals surface area contributed by atoms with E-state index in [4.69, 9.17) is 24.9 Å². The van der Waals surface area contributed by atoms with Crippen molar-refractivity contribution in [2.45, 2.75) is 95.5 Å². The van der Waals surface area contributed by atoms with Crippen molar-refractivity contribution < 1.29 is 38.1 Å². The average Bonchev–Trinajstić information content (AvgIpc) is 4.38. The number of methoxy groups -OCH3 is 2. The van der Waals surface area contributed by atoms with E-state index in [-0.39, 0.29) is 36.1 Å². The van der Waals surface area contributed by atoms with Gasteiger partial charge >= 0.3 is 23.9 Å². The highest BCUT2D eigenvalue weighted by molar-refractivity contribution is 9.09. The van der Waals surface area contributed by atoms with Gasteiger partial charge in [0.05, 0.1) is 44.2 Å². The smallest absolute Gasteiger partial charge is 0.323 e. The van der Waals surface area contributed by atoms with Gasteiger partial charge in [0.2, 0.25) is 0 Å². The van der Waals surface area contributed by atoms with Gasteiger partial charge in [-0.3, -0.25) is 19.2 Å². The Morgan fingerprint density at radius 1 is 0.481 bits per heavy atom. The van der Waals surface area contributed by atoms with Crippen LogP contribution < -0.4 is 5.73 Å². The molecule has 0 saturated carbocycles. The molecule has 0 aliphatic heterocycles. The lowest BCUT2D eigenvalue weighted by atomic mass is 9.77. The summed E-state index contributed by atoms with van der Waals surface area (Å²) in [5.41, 5.74) is 11.7. The molecule has 0 amide bonds. The summed E-state index contributed by atoms with van der Waals surface area (Å²) in [6.07, 6.45) is 8.71. The number of rotatable bonds is 18. The standard InChI is InChI=1S/C33H36N2O4.C29H31N3O2.C3H5BrO2/c1-32(2,3)39-31(37)25(20-21-30(36)38-4)22-29-23-35(24-34-29)33(26-14-8-5-9-15-26,27-16-10-6-11-17-27)28-18-12-7-13-19-28;1-28(2,3)34-27(33)26(30)19-25-20-32(21-31-25)29(22-13-7-4-8-14-22,23-15-9-5-10-16-23)24-17-11-6-12-18-24;1-6-3(5)2-4/h5-19,23-25H,20-22H2,1-4H3;4-18,20-21,26H,19,30H2,1-3H3;2H2,1H3/t25-;26-;/m00./s1. The molecule has 2 aromatic heterocycles. The van der Waals surface area contributed by atoms with Crippen molar-refractivity contribution in [2.24, 2.45) is 11.7 Å². The minimum absolute atomic E-state index is 0.128. The Morgan fingerprint density at radius 3 is 1.06 bits per heavy atom. The maximum atomic E-state index is 13.1. The second kappa shape index (κ2) is 28.1. The van der Waals surface area contributed by atoms with Crippen LogP contribution in [0.5, 0.6) is 0 Å². The number of carbonyl (C=O) groups is 4. The van der Waals surface area contributed by atoms with Crippen LogP contribution in [0.4, 0.5) is 0 Å². The third-order valence-corrected chi connectivity index (χ3v) is 13.2. The summed E-state index contributed by atoms with van der Waals surface area (Å²) in [6.45, 7) is 11.0. The lowest BCUT2D eigenvalue weighted by Gasteiger charge is -2.37. The number of ether oxygens (including phenoxy) is 4. The van der Waals surface area contributed by atoms with Gasteiger partial charge in [-0.25, -0.2) is 9.97 Å². The summed E-state index contributed by atoms with van der Waals surface area (Å²) in [5.74, 6) is -1.91. The average molecular weight is 1130 g/mol. The van der Waals surface area contributed by atoms with Crippen LogP contribution in [0.15, 0.2) is 207 Å². The van der Waals surface area contributed by atoms with Crippen LogP contribution in [-0.2, 0) is 62.0 Å². The Morgan fingerprint density at radius 2 is 0.785 bits per heavy atom. The van der Waals surface area contributed by atoms with Gasteiger partial charge in [0, 0.05) is 31.7 Å². The molecule has 0 fully saturated rings. The van der Waals surface area contributed by atoms with E-state index in [1.165, 1.54) is 14.2 Å². The Labute approximate surface area is 473 Å². The van der Waals surface area contributed by atoms with E-state index >= 15 is 0 Å². The Hall–Kier alpha value is -7.94. The minimum Gasteiger partial charge on any atom is -0.469 e. The van der Waals surface area contributed by atoms with Crippen LogP contribution in [0, 0.1) is 5.92 Å². The van der Waals surface area contributed by atoms with E-state index in [9.17, 15) is 19.2 Å². The molecule has 2 N–H and O–H groups in total. The molecule has 14 heteroatoms. The maximum absolute atomic E-state index is 13.1. The molecule has 2 atom stereocenters. The second-order valence-electron chi connectivity index (χ2n) is 20.8. The van der Waals surface area contributed by atoms with Crippen LogP contribution in [0.2, 0.25) is 0 Å². The summed E-state index contributed by atoms with van der Waals surface area (Å²) >= 11 is 2.90. The number of nitrogens with two attached hydrogens (primary N) is 1. The fourth-order valence-corrected chi connectivity index (χ4v) is 9.58. The summed E-state index contributed by atoms with van der Waals surface area (Å²) in [5, 5.41) is 0.281. The van der Waals surface area contributed by atoms with Gasteiger partial charge in [-0.1, -0.05) is 198 Å². The summed E-state index contributed by atoms with van der Waals surface area (Å²) in [7, 11) is 2.70. The Balaban J connectivity index is 0.000000233. The lowest BCUT2D eigenvalue weighted by molar-refractivity contribution is -0.160. The summed E-state index contributed by atoms with van der Waals surface area (Å²) < 4.78 is 24.4. The number of halogens is 1. The highest BCUT2D eigenvalue weighted by Crippen LogP contribution is 2.42. The van der Waals surface area contributed by atoms with Crippen LogP contribution in [-0.4, -0.2) is 79.8 Å². The molecule has 0 aliphatic carbocycles. The quantitative estimate of drug-likeness (QED) is 0.0376. The number of hydrogen-bond acceptors (Lipinski definition) is 11. The highest BCUT2D eigenvalue weighted by Gasteiger charge is 2.40. The summed E-state index contributed by atoms with van der Waals surface area (Å²) in [6, 6.07) is 61.4. The number of imidazole rings is 2. The molecule has 2 heterocycles. The number of aromatic nitrogens is 4. The first-order valence-corrected chi connectivity index (χ1v) is 27.3. The molecule has 6 aromatic carbocycles. The second-order valence-corrected chi connectivity index (χ2v) is 21.3. The molecule has 13 nitrogen and oxygen atoms in total. The van der Waals surface area contributed by atoms with Gasteiger partial charge < -0.3 is 33.8 Å². The molecule has 8 aromatic rings. The number of esters is 4. The monoisotopic (exact) mass is 1130 g/mol. The number of nitrogens with zero attached hydrogens (tertiary/aromatic N) is 4. The normalized spacial score (nSPS) is 12.3. The highest BCUT2D eigenvalue weighted by atomic mass is 79.9. The number of alkyl halides is 1. The topological polar surface area (TPSA) is 167 Å². The van der Waals surface area contributed by atoms with Gasteiger partial charge in [-0.2, -0.15) is 0 Å².